The maximum Gasteiger partial charge on any atom is 0.271 e. The highest BCUT2D eigenvalue weighted by Crippen LogP contribution is 2.17. The van der Waals surface area contributed by atoms with E-state index < -0.39 is 5.91 Å². The van der Waals surface area contributed by atoms with Gasteiger partial charge in [0.1, 0.15) is 5.75 Å². The molecule has 3 aromatic carbocycles. The minimum Gasteiger partial charge on any atom is -0.507 e. The van der Waals surface area contributed by atoms with E-state index in [2.05, 4.69) is 15.8 Å². The van der Waals surface area contributed by atoms with Gasteiger partial charge in [-0.1, -0.05) is 35.9 Å². The number of hydrazone groups is 1. The lowest BCUT2D eigenvalue weighted by Crippen LogP contribution is -2.18. The molecule has 2 amide bonds. The lowest BCUT2D eigenvalue weighted by Gasteiger charge is -2.07. The number of rotatable bonds is 5. The van der Waals surface area contributed by atoms with Crippen LogP contribution in [0.15, 0.2) is 77.9 Å². The molecule has 0 unspecified atom stereocenters. The van der Waals surface area contributed by atoms with Crippen molar-refractivity contribution < 1.29 is 14.7 Å². The Morgan fingerprint density at radius 3 is 2.29 bits per heavy atom. The van der Waals surface area contributed by atoms with E-state index in [9.17, 15) is 14.7 Å². The fourth-order valence-corrected chi connectivity index (χ4v) is 2.59. The molecule has 0 aliphatic carbocycles. The first-order valence-corrected chi connectivity index (χ1v) is 8.70. The van der Waals surface area contributed by atoms with Crippen molar-refractivity contribution in [2.75, 3.05) is 5.32 Å². The van der Waals surface area contributed by atoms with E-state index in [-0.39, 0.29) is 11.7 Å². The molecule has 7 heteroatoms. The van der Waals surface area contributed by atoms with Crippen LogP contribution in [0.3, 0.4) is 0 Å². The van der Waals surface area contributed by atoms with Crippen LogP contribution in [-0.2, 0) is 0 Å². The number of nitrogens with zero attached hydrogens (tertiary/aromatic N) is 1. The first-order chi connectivity index (χ1) is 13.5. The molecule has 0 bridgehead atoms. The fraction of sp³-hybridized carbons (Fsp3) is 0. The predicted octanol–water partition coefficient (Wildman–Crippen LogP) is 4.06. The Balaban J connectivity index is 1.61. The zero-order chi connectivity index (χ0) is 19.9. The number of nitrogens with one attached hydrogen (secondary N) is 2. The average molecular weight is 394 g/mol. The number of carbonyl (C=O) groups excluding carboxylic acids is 2. The fourth-order valence-electron chi connectivity index (χ4n) is 2.37. The van der Waals surface area contributed by atoms with Gasteiger partial charge in [-0.3, -0.25) is 9.59 Å². The van der Waals surface area contributed by atoms with Gasteiger partial charge < -0.3 is 10.4 Å². The number of carbonyl (C=O) groups is 2. The van der Waals surface area contributed by atoms with E-state index in [1.165, 1.54) is 12.3 Å². The number of hydrogen-bond acceptors (Lipinski definition) is 4. The highest BCUT2D eigenvalue weighted by molar-refractivity contribution is 6.34. The van der Waals surface area contributed by atoms with E-state index in [0.717, 1.165) is 0 Å². The quantitative estimate of drug-likeness (QED) is 0.451. The zero-order valence-electron chi connectivity index (χ0n) is 14.6. The second kappa shape index (κ2) is 8.83. The predicted molar refractivity (Wildman–Crippen MR) is 109 cm³/mol. The molecule has 0 saturated heterocycles. The SMILES string of the molecule is O=C(N/N=C/c1ccccc1O)c1ccc(NC(=O)c2ccccc2Cl)cc1. The topological polar surface area (TPSA) is 90.8 Å². The third-order valence-corrected chi connectivity index (χ3v) is 4.16. The van der Waals surface area contributed by atoms with Crippen LogP contribution in [0.2, 0.25) is 5.02 Å². The highest BCUT2D eigenvalue weighted by atomic mass is 35.5. The minimum absolute atomic E-state index is 0.0686. The van der Waals surface area contributed by atoms with E-state index in [1.54, 1.807) is 66.7 Å². The van der Waals surface area contributed by atoms with Crippen molar-refractivity contribution in [3.8, 4) is 5.75 Å². The summed E-state index contributed by atoms with van der Waals surface area (Å²) in [6, 6.07) is 19.7. The molecule has 3 N–H and O–H groups in total. The minimum atomic E-state index is -0.421. The van der Waals surface area contributed by atoms with Crippen molar-refractivity contribution in [2.45, 2.75) is 0 Å². The second-order valence-corrected chi connectivity index (χ2v) is 6.18. The standard InChI is InChI=1S/C21H16ClN3O3/c22-18-7-3-2-6-17(18)21(28)24-16-11-9-14(10-12-16)20(27)25-23-13-15-5-1-4-8-19(15)26/h1-13,26H,(H,24,28)(H,25,27)/b23-13+. The Hall–Kier alpha value is -3.64. The smallest absolute Gasteiger partial charge is 0.271 e. The summed E-state index contributed by atoms with van der Waals surface area (Å²) in [4.78, 5) is 24.4. The van der Waals surface area contributed by atoms with Crippen LogP contribution in [0.25, 0.3) is 0 Å². The molecule has 0 atom stereocenters. The van der Waals surface area contributed by atoms with Gasteiger partial charge in [0, 0.05) is 16.8 Å². The van der Waals surface area contributed by atoms with E-state index in [4.69, 9.17) is 11.6 Å². The normalized spacial score (nSPS) is 10.6. The Kier molecular flexibility index (Phi) is 6.04. The van der Waals surface area contributed by atoms with Gasteiger partial charge in [-0.05, 0) is 48.5 Å². The maximum absolute atomic E-state index is 12.2. The molecular formula is C21H16ClN3O3. The van der Waals surface area contributed by atoms with Crippen molar-refractivity contribution >= 4 is 35.3 Å². The molecule has 3 aromatic rings. The van der Waals surface area contributed by atoms with Gasteiger partial charge in [-0.25, -0.2) is 5.43 Å². The Morgan fingerprint density at radius 2 is 1.57 bits per heavy atom. The largest absolute Gasteiger partial charge is 0.507 e. The lowest BCUT2D eigenvalue weighted by atomic mass is 10.1. The van der Waals surface area contributed by atoms with Crippen LogP contribution in [0.1, 0.15) is 26.3 Å². The summed E-state index contributed by atoms with van der Waals surface area (Å²) in [6.45, 7) is 0. The van der Waals surface area contributed by atoms with Gasteiger partial charge in [-0.2, -0.15) is 5.10 Å². The van der Waals surface area contributed by atoms with E-state index in [1.807, 2.05) is 0 Å². The summed E-state index contributed by atoms with van der Waals surface area (Å²) in [5.74, 6) is -0.690. The number of aromatic hydroxyl groups is 1. The number of phenols is 1. The van der Waals surface area contributed by atoms with E-state index in [0.29, 0.717) is 27.4 Å². The summed E-state index contributed by atoms with van der Waals surface area (Å²) in [5, 5.41) is 16.6. The first kappa shape index (κ1) is 19.1. The van der Waals surface area contributed by atoms with Crippen LogP contribution < -0.4 is 10.7 Å². The summed E-state index contributed by atoms with van der Waals surface area (Å²) in [5.41, 5.74) is 4.13. The molecule has 0 fully saturated rings. The summed E-state index contributed by atoms with van der Waals surface area (Å²) in [7, 11) is 0. The molecule has 140 valence electrons. The number of amides is 2. The van der Waals surface area contributed by atoms with Gasteiger partial charge in [0.2, 0.25) is 0 Å². The third kappa shape index (κ3) is 4.75. The number of benzene rings is 3. The van der Waals surface area contributed by atoms with Gasteiger partial charge >= 0.3 is 0 Å². The number of anilines is 1. The molecule has 0 aliphatic heterocycles. The number of halogens is 1. The zero-order valence-corrected chi connectivity index (χ0v) is 15.4. The van der Waals surface area contributed by atoms with Crippen molar-refractivity contribution in [2.24, 2.45) is 5.10 Å². The first-order valence-electron chi connectivity index (χ1n) is 8.32. The van der Waals surface area contributed by atoms with Crippen LogP contribution in [0.5, 0.6) is 5.75 Å². The van der Waals surface area contributed by atoms with Crippen molar-refractivity contribution in [3.63, 3.8) is 0 Å². The second-order valence-electron chi connectivity index (χ2n) is 5.77. The van der Waals surface area contributed by atoms with Gasteiger partial charge in [0.15, 0.2) is 0 Å². The molecule has 0 radical (unpaired) electrons. The van der Waals surface area contributed by atoms with Gasteiger partial charge in [-0.15, -0.1) is 0 Å². The summed E-state index contributed by atoms with van der Waals surface area (Å²) >= 11 is 6.01. The molecular weight excluding hydrogens is 378 g/mol. The van der Waals surface area contributed by atoms with Gasteiger partial charge in [0.25, 0.3) is 11.8 Å². The Bertz CT molecular complexity index is 1030. The van der Waals surface area contributed by atoms with Crippen molar-refractivity contribution in [3.05, 3.63) is 94.5 Å². The molecule has 6 nitrogen and oxygen atoms in total. The van der Waals surface area contributed by atoms with Crippen LogP contribution in [-0.4, -0.2) is 23.1 Å². The number of hydrogen-bond donors (Lipinski definition) is 3. The lowest BCUT2D eigenvalue weighted by molar-refractivity contribution is 0.0954. The molecule has 0 saturated carbocycles. The summed E-state index contributed by atoms with van der Waals surface area (Å²) in [6.07, 6.45) is 1.35. The Labute approximate surface area is 166 Å². The monoisotopic (exact) mass is 393 g/mol. The maximum atomic E-state index is 12.2. The van der Waals surface area contributed by atoms with Crippen LogP contribution in [0, 0.1) is 0 Å². The van der Waals surface area contributed by atoms with E-state index >= 15 is 0 Å². The van der Waals surface area contributed by atoms with Crippen molar-refractivity contribution in [1.29, 1.82) is 0 Å². The number of phenolic OH excluding ortho intramolecular Hbond substituents is 1. The molecule has 3 rings (SSSR count). The van der Waals surface area contributed by atoms with Crippen LogP contribution in [0.4, 0.5) is 5.69 Å². The molecule has 28 heavy (non-hydrogen) atoms. The molecule has 0 aromatic heterocycles. The van der Waals surface area contributed by atoms with Crippen LogP contribution >= 0.6 is 11.6 Å². The summed E-state index contributed by atoms with van der Waals surface area (Å²) < 4.78 is 0. The van der Waals surface area contributed by atoms with Gasteiger partial charge in [0.05, 0.1) is 16.8 Å². The molecule has 0 aliphatic rings. The average Bonchev–Trinajstić information content (AvgIpc) is 2.70. The highest BCUT2D eigenvalue weighted by Gasteiger charge is 2.10. The van der Waals surface area contributed by atoms with Crippen molar-refractivity contribution in [1.82, 2.24) is 5.43 Å². The molecule has 0 spiro atoms. The number of para-hydroxylation sites is 1. The Morgan fingerprint density at radius 1 is 0.893 bits per heavy atom. The molecule has 0 heterocycles. The third-order valence-electron chi connectivity index (χ3n) is 3.83.